The highest BCUT2D eigenvalue weighted by Gasteiger charge is 2.13. The topological polar surface area (TPSA) is 102 Å². The fourth-order valence-corrected chi connectivity index (χ4v) is 1.83. The maximum atomic E-state index is 11.7. The molecule has 1 aromatic carbocycles. The van der Waals surface area contributed by atoms with Crippen molar-refractivity contribution in [1.82, 2.24) is 30.8 Å². The Balaban J connectivity index is 1.99. The monoisotopic (exact) mass is 302 g/mol. The zero-order valence-electron chi connectivity index (χ0n) is 12.7. The summed E-state index contributed by atoms with van der Waals surface area (Å²) < 4.78 is 0. The number of benzene rings is 1. The van der Waals surface area contributed by atoms with Crippen LogP contribution in [0.4, 0.5) is 4.79 Å². The van der Waals surface area contributed by atoms with Crippen molar-refractivity contribution < 1.29 is 9.59 Å². The minimum atomic E-state index is -0.542. The summed E-state index contributed by atoms with van der Waals surface area (Å²) in [6.07, 6.45) is 0. The van der Waals surface area contributed by atoms with E-state index in [1.54, 1.807) is 13.8 Å². The molecule has 0 aliphatic heterocycles. The largest absolute Gasteiger partial charge is 0.336 e. The molecule has 0 bridgehead atoms. The van der Waals surface area contributed by atoms with Gasteiger partial charge in [0.1, 0.15) is 6.54 Å². The number of nitrogens with zero attached hydrogens (tertiary/aromatic N) is 4. The van der Waals surface area contributed by atoms with Crippen LogP contribution in [0.15, 0.2) is 24.3 Å². The molecule has 0 aliphatic carbocycles. The summed E-state index contributed by atoms with van der Waals surface area (Å²) in [4.78, 5) is 24.3. The average molecular weight is 302 g/mol. The first-order chi connectivity index (χ1) is 10.5. The SMILES string of the molecule is Cc1ccccc1-c1nnn(CC(=O)NC(=O)NC(C)C)n1. The molecular formula is C14H18N6O2. The Hall–Kier alpha value is -2.77. The molecule has 3 amide bonds. The normalized spacial score (nSPS) is 10.5. The van der Waals surface area contributed by atoms with Gasteiger partial charge in [0.25, 0.3) is 5.91 Å². The molecule has 0 saturated carbocycles. The number of hydrogen-bond donors (Lipinski definition) is 2. The first-order valence-electron chi connectivity index (χ1n) is 6.90. The van der Waals surface area contributed by atoms with E-state index in [-0.39, 0.29) is 12.6 Å². The highest BCUT2D eigenvalue weighted by atomic mass is 16.2. The highest BCUT2D eigenvalue weighted by Crippen LogP contribution is 2.17. The van der Waals surface area contributed by atoms with Gasteiger partial charge in [0.15, 0.2) is 0 Å². The molecule has 2 rings (SSSR count). The quantitative estimate of drug-likeness (QED) is 0.873. The van der Waals surface area contributed by atoms with Gasteiger partial charge in [0.05, 0.1) is 0 Å². The van der Waals surface area contributed by atoms with Gasteiger partial charge in [-0.25, -0.2) is 4.79 Å². The van der Waals surface area contributed by atoms with E-state index in [2.05, 4.69) is 26.0 Å². The number of urea groups is 1. The van der Waals surface area contributed by atoms with E-state index >= 15 is 0 Å². The lowest BCUT2D eigenvalue weighted by Crippen LogP contribution is -2.43. The predicted octanol–water partition coefficient (Wildman–Crippen LogP) is 0.883. The molecular weight excluding hydrogens is 284 g/mol. The summed E-state index contributed by atoms with van der Waals surface area (Å²) in [5.74, 6) is -0.0654. The molecule has 0 spiro atoms. The van der Waals surface area contributed by atoms with Crippen molar-refractivity contribution in [3.05, 3.63) is 29.8 Å². The van der Waals surface area contributed by atoms with E-state index < -0.39 is 11.9 Å². The van der Waals surface area contributed by atoms with Crippen LogP contribution in [0.25, 0.3) is 11.4 Å². The van der Waals surface area contributed by atoms with Crippen molar-refractivity contribution >= 4 is 11.9 Å². The second kappa shape index (κ2) is 6.79. The molecule has 0 aliphatic rings. The lowest BCUT2D eigenvalue weighted by Gasteiger charge is -2.08. The van der Waals surface area contributed by atoms with Crippen LogP contribution in [0.3, 0.4) is 0 Å². The van der Waals surface area contributed by atoms with Crippen LogP contribution in [-0.4, -0.2) is 38.2 Å². The van der Waals surface area contributed by atoms with Gasteiger partial charge in [-0.05, 0) is 31.5 Å². The van der Waals surface area contributed by atoms with E-state index in [9.17, 15) is 9.59 Å². The number of amides is 3. The van der Waals surface area contributed by atoms with Crippen molar-refractivity contribution in [2.24, 2.45) is 0 Å². The van der Waals surface area contributed by atoms with Crippen LogP contribution in [0.5, 0.6) is 0 Å². The third kappa shape index (κ3) is 4.11. The van der Waals surface area contributed by atoms with Gasteiger partial charge in [-0.1, -0.05) is 24.3 Å². The van der Waals surface area contributed by atoms with Crippen LogP contribution in [0.2, 0.25) is 0 Å². The maximum Gasteiger partial charge on any atom is 0.321 e. The Morgan fingerprint density at radius 1 is 1.27 bits per heavy atom. The molecule has 116 valence electrons. The number of tetrazole rings is 1. The first kappa shape index (κ1) is 15.6. The van der Waals surface area contributed by atoms with Gasteiger partial charge in [0, 0.05) is 11.6 Å². The molecule has 22 heavy (non-hydrogen) atoms. The molecule has 0 fully saturated rings. The standard InChI is InChI=1S/C14H18N6O2/c1-9(2)15-14(22)16-12(21)8-20-18-13(17-19-20)11-7-5-4-6-10(11)3/h4-7,9H,8H2,1-3H3,(H2,15,16,21,22). The minimum absolute atomic E-state index is 0.0510. The van der Waals surface area contributed by atoms with Crippen molar-refractivity contribution in [3.8, 4) is 11.4 Å². The summed E-state index contributed by atoms with van der Waals surface area (Å²) in [6, 6.07) is 7.03. The van der Waals surface area contributed by atoms with Crippen LogP contribution in [0.1, 0.15) is 19.4 Å². The summed E-state index contributed by atoms with van der Waals surface area (Å²) in [5, 5.41) is 16.7. The summed E-state index contributed by atoms with van der Waals surface area (Å²) in [5.41, 5.74) is 1.87. The zero-order chi connectivity index (χ0) is 16.1. The van der Waals surface area contributed by atoms with E-state index in [0.717, 1.165) is 15.9 Å². The Morgan fingerprint density at radius 2 is 2.00 bits per heavy atom. The minimum Gasteiger partial charge on any atom is -0.336 e. The smallest absolute Gasteiger partial charge is 0.321 e. The van der Waals surface area contributed by atoms with Gasteiger partial charge in [-0.15, -0.1) is 10.2 Å². The summed E-state index contributed by atoms with van der Waals surface area (Å²) in [6.45, 7) is 5.37. The molecule has 1 heterocycles. The number of aromatic nitrogens is 4. The number of hydrogen-bond acceptors (Lipinski definition) is 5. The fraction of sp³-hybridized carbons (Fsp3) is 0.357. The van der Waals surface area contributed by atoms with E-state index in [4.69, 9.17) is 0 Å². The number of rotatable bonds is 4. The van der Waals surface area contributed by atoms with Crippen molar-refractivity contribution in [2.75, 3.05) is 0 Å². The zero-order valence-corrected chi connectivity index (χ0v) is 12.7. The average Bonchev–Trinajstić information content (AvgIpc) is 2.86. The van der Waals surface area contributed by atoms with Crippen molar-refractivity contribution in [1.29, 1.82) is 0 Å². The summed E-state index contributed by atoms with van der Waals surface area (Å²) >= 11 is 0. The number of imide groups is 1. The fourth-order valence-electron chi connectivity index (χ4n) is 1.83. The summed E-state index contributed by atoms with van der Waals surface area (Å²) in [7, 11) is 0. The van der Waals surface area contributed by atoms with Crippen LogP contribution >= 0.6 is 0 Å². The third-order valence-electron chi connectivity index (χ3n) is 2.80. The second-order valence-corrected chi connectivity index (χ2v) is 5.13. The van der Waals surface area contributed by atoms with Crippen LogP contribution in [0, 0.1) is 6.92 Å². The molecule has 0 unspecified atom stereocenters. The first-order valence-corrected chi connectivity index (χ1v) is 6.90. The maximum absolute atomic E-state index is 11.7. The molecule has 8 nitrogen and oxygen atoms in total. The number of aryl methyl sites for hydroxylation is 1. The van der Waals surface area contributed by atoms with Crippen molar-refractivity contribution in [3.63, 3.8) is 0 Å². The lowest BCUT2D eigenvalue weighted by molar-refractivity contribution is -0.121. The molecule has 0 saturated heterocycles. The molecule has 0 atom stereocenters. The van der Waals surface area contributed by atoms with Crippen molar-refractivity contribution in [2.45, 2.75) is 33.4 Å². The Bertz CT molecular complexity index is 679. The predicted molar refractivity (Wildman–Crippen MR) is 79.8 cm³/mol. The Labute approximate surface area is 127 Å². The van der Waals surface area contributed by atoms with Gasteiger partial charge in [0.2, 0.25) is 5.82 Å². The van der Waals surface area contributed by atoms with Gasteiger partial charge >= 0.3 is 6.03 Å². The molecule has 8 heteroatoms. The van der Waals surface area contributed by atoms with Crippen LogP contribution < -0.4 is 10.6 Å². The van der Waals surface area contributed by atoms with Crippen LogP contribution in [-0.2, 0) is 11.3 Å². The van der Waals surface area contributed by atoms with E-state index in [1.165, 1.54) is 0 Å². The van der Waals surface area contributed by atoms with Gasteiger partial charge < -0.3 is 5.32 Å². The molecule has 2 N–H and O–H groups in total. The third-order valence-corrected chi connectivity index (χ3v) is 2.80. The molecule has 1 aromatic heterocycles. The van der Waals surface area contributed by atoms with E-state index in [0.29, 0.717) is 5.82 Å². The second-order valence-electron chi connectivity index (χ2n) is 5.13. The lowest BCUT2D eigenvalue weighted by atomic mass is 10.1. The number of carbonyl (C=O) groups excluding carboxylic acids is 2. The Kier molecular flexibility index (Phi) is 4.82. The number of carbonyl (C=O) groups is 2. The highest BCUT2D eigenvalue weighted by molar-refractivity contribution is 5.94. The molecule has 2 aromatic rings. The molecule has 0 radical (unpaired) electrons. The van der Waals surface area contributed by atoms with Gasteiger partial charge in [-0.2, -0.15) is 4.80 Å². The number of nitrogens with one attached hydrogen (secondary N) is 2. The van der Waals surface area contributed by atoms with E-state index in [1.807, 2.05) is 31.2 Å². The van der Waals surface area contributed by atoms with Gasteiger partial charge in [-0.3, -0.25) is 10.1 Å². The Morgan fingerprint density at radius 3 is 2.68 bits per heavy atom.